The quantitative estimate of drug-likeness (QED) is 0.0775. The number of phenolic OH excluding ortho intramolecular Hbond substituents is 5. The highest BCUT2D eigenvalue weighted by Gasteiger charge is 2.48. The average molecular weight is 669 g/mol. The maximum Gasteiger partial charge on any atom is 0.204 e. The number of fused-ring (bicyclic) bond motifs is 8. The van der Waals surface area contributed by atoms with Crippen LogP contribution < -0.4 is 25.1 Å². The number of benzene rings is 4. The molecule has 13 heteroatoms. The number of hydrogen-bond acceptors (Lipinski definition) is 13. The molecule has 4 aromatic carbocycles. The molecule has 0 saturated carbocycles. The molecule has 2 aromatic heterocycles. The Labute approximate surface area is 274 Å². The molecule has 6 aromatic rings. The summed E-state index contributed by atoms with van der Waals surface area (Å²) < 4.78 is 30.3. The van der Waals surface area contributed by atoms with Gasteiger partial charge in [-0.25, -0.2) is 0 Å². The van der Waals surface area contributed by atoms with Crippen LogP contribution >= 0.6 is 0 Å². The van der Waals surface area contributed by atoms with Crippen molar-refractivity contribution in [1.29, 1.82) is 0 Å². The van der Waals surface area contributed by atoms with Crippen LogP contribution in [0.25, 0.3) is 50.0 Å². The third kappa shape index (κ3) is 4.28. The van der Waals surface area contributed by atoms with E-state index >= 15 is 0 Å². The van der Waals surface area contributed by atoms with Crippen molar-refractivity contribution >= 4 is 50.0 Å². The van der Waals surface area contributed by atoms with Gasteiger partial charge >= 0.3 is 0 Å². The summed E-state index contributed by atoms with van der Waals surface area (Å²) in [6.07, 6.45) is 0.850. The van der Waals surface area contributed by atoms with Crippen molar-refractivity contribution in [3.8, 4) is 46.0 Å². The normalized spacial score (nSPS) is 18.1. The van der Waals surface area contributed by atoms with Crippen LogP contribution in [0.1, 0.15) is 44.9 Å². The highest BCUT2D eigenvalue weighted by molar-refractivity contribution is 6.01. The molecule has 0 amide bonds. The minimum absolute atomic E-state index is 0.000381. The molecule has 6 N–H and O–H groups in total. The fourth-order valence-electron chi connectivity index (χ4n) is 6.51. The maximum absolute atomic E-state index is 13.7. The van der Waals surface area contributed by atoms with Crippen molar-refractivity contribution in [3.63, 3.8) is 0 Å². The number of aliphatic hydroxyl groups is 1. The molecule has 0 bridgehead atoms. The highest BCUT2D eigenvalue weighted by Crippen LogP contribution is 2.52. The molecule has 0 saturated heterocycles. The first kappa shape index (κ1) is 30.3. The van der Waals surface area contributed by atoms with Gasteiger partial charge < -0.3 is 53.7 Å². The minimum Gasteiger partial charge on any atom is -0.507 e. The number of hydrogen-bond donors (Lipinski definition) is 6. The van der Waals surface area contributed by atoms with E-state index in [1.165, 1.54) is 26.0 Å². The first-order valence-electron chi connectivity index (χ1n) is 15.2. The molecule has 0 unspecified atom stereocenters. The molecule has 0 aliphatic carbocycles. The van der Waals surface area contributed by atoms with Crippen molar-refractivity contribution in [2.24, 2.45) is 0 Å². The van der Waals surface area contributed by atoms with Crippen molar-refractivity contribution in [1.82, 2.24) is 0 Å². The van der Waals surface area contributed by atoms with E-state index in [0.717, 1.165) is 18.2 Å². The van der Waals surface area contributed by atoms with Crippen LogP contribution in [-0.2, 0) is 0 Å². The Bertz CT molecular complexity index is 2600. The van der Waals surface area contributed by atoms with Gasteiger partial charge in [0.05, 0.1) is 27.5 Å². The van der Waals surface area contributed by atoms with E-state index in [0.29, 0.717) is 11.3 Å². The average Bonchev–Trinajstić information content (AvgIpc) is 3.39. The van der Waals surface area contributed by atoms with E-state index in [-0.39, 0.29) is 49.6 Å². The zero-order valence-electron chi connectivity index (χ0n) is 26.3. The van der Waals surface area contributed by atoms with Crippen molar-refractivity contribution in [2.45, 2.75) is 51.1 Å². The molecular formula is C36H28O13. The molecule has 4 heterocycles. The first-order chi connectivity index (χ1) is 23.1. The standard InChI is InChI=1S/C36H28O13/c1-35(2)10-9-13-19(49-35)8-6-14-25(40)23-18(39)12-21(28(43)32(23)47-29(13)14)45-33-24-20(46-34(33)36(3,4)44)11-17(38)22-26(41)15-5-7-16(37)27(42)30(15)48-31(22)24/h5-12,33-34,37-39,42-44H,1-4H3/t33-,34-/m1/s1. The van der Waals surface area contributed by atoms with E-state index in [4.69, 9.17) is 23.0 Å². The van der Waals surface area contributed by atoms with Gasteiger partial charge in [-0.3, -0.25) is 9.59 Å². The van der Waals surface area contributed by atoms with Gasteiger partial charge in [-0.1, -0.05) is 0 Å². The van der Waals surface area contributed by atoms with Crippen LogP contribution in [0.15, 0.2) is 60.9 Å². The van der Waals surface area contributed by atoms with Crippen LogP contribution in [0.3, 0.4) is 0 Å². The lowest BCUT2D eigenvalue weighted by Crippen LogP contribution is -2.43. The Balaban J connectivity index is 1.36. The number of aromatic hydroxyl groups is 5. The predicted molar refractivity (Wildman–Crippen MR) is 176 cm³/mol. The summed E-state index contributed by atoms with van der Waals surface area (Å²) in [5.74, 6) is -3.11. The second-order valence-electron chi connectivity index (χ2n) is 13.3. The maximum atomic E-state index is 13.7. The molecule has 8 rings (SSSR count). The van der Waals surface area contributed by atoms with Gasteiger partial charge in [0, 0.05) is 12.1 Å². The van der Waals surface area contributed by atoms with Gasteiger partial charge in [0.2, 0.25) is 22.4 Å². The van der Waals surface area contributed by atoms with E-state index in [1.807, 2.05) is 13.8 Å². The summed E-state index contributed by atoms with van der Waals surface area (Å²) in [7, 11) is 0. The molecule has 49 heavy (non-hydrogen) atoms. The van der Waals surface area contributed by atoms with Gasteiger partial charge in [-0.2, -0.15) is 0 Å². The van der Waals surface area contributed by atoms with Crippen LogP contribution in [0.2, 0.25) is 0 Å². The smallest absolute Gasteiger partial charge is 0.204 e. The predicted octanol–water partition coefficient (Wildman–Crippen LogP) is 5.57. The molecule has 0 radical (unpaired) electrons. The molecule has 2 aliphatic heterocycles. The van der Waals surface area contributed by atoms with E-state index < -0.39 is 74.3 Å². The van der Waals surface area contributed by atoms with Crippen LogP contribution in [0.4, 0.5) is 0 Å². The van der Waals surface area contributed by atoms with Crippen LogP contribution in [0.5, 0.6) is 46.0 Å². The molecule has 2 aliphatic rings. The SMILES string of the molecule is CC1(C)C=Cc2c(ccc3c(=O)c4c(O)cc(O[C@@H]5c6c(cc(O)c7c(=O)c8ccc(O)c(O)c8oc67)O[C@H]5C(C)(C)O)c(O)c4oc23)O1. The third-order valence-electron chi connectivity index (χ3n) is 8.87. The van der Waals surface area contributed by atoms with Gasteiger partial charge in [0.1, 0.15) is 45.0 Å². The summed E-state index contributed by atoms with van der Waals surface area (Å²) in [5.41, 5.74) is -4.21. The lowest BCUT2D eigenvalue weighted by Gasteiger charge is -2.30. The second-order valence-corrected chi connectivity index (χ2v) is 13.3. The van der Waals surface area contributed by atoms with Gasteiger partial charge in [-0.05, 0) is 64.1 Å². The molecule has 250 valence electrons. The molecule has 13 nitrogen and oxygen atoms in total. The van der Waals surface area contributed by atoms with Crippen molar-refractivity contribution in [3.05, 3.63) is 74.0 Å². The molecule has 0 fully saturated rings. The number of phenols is 5. The minimum atomic E-state index is -1.67. The van der Waals surface area contributed by atoms with Gasteiger partial charge in [0.15, 0.2) is 40.5 Å². The summed E-state index contributed by atoms with van der Waals surface area (Å²) in [4.78, 5) is 27.2. The highest BCUT2D eigenvalue weighted by atomic mass is 16.6. The Morgan fingerprint density at radius 2 is 1.39 bits per heavy atom. The van der Waals surface area contributed by atoms with Crippen LogP contribution in [-0.4, -0.2) is 47.9 Å². The fraction of sp³-hybridized carbons (Fsp3) is 0.222. The summed E-state index contributed by atoms with van der Waals surface area (Å²) in [5, 5.41) is 64.8. The zero-order chi connectivity index (χ0) is 34.9. The van der Waals surface area contributed by atoms with E-state index in [9.17, 15) is 40.2 Å². The number of ether oxygens (including phenoxy) is 3. The Kier molecular flexibility index (Phi) is 6.01. The molecule has 0 spiro atoms. The lowest BCUT2D eigenvalue weighted by atomic mass is 9.93. The second kappa shape index (κ2) is 9.73. The number of rotatable bonds is 3. The van der Waals surface area contributed by atoms with Crippen LogP contribution in [0, 0.1) is 0 Å². The first-order valence-corrected chi connectivity index (χ1v) is 15.2. The Morgan fingerprint density at radius 3 is 2.10 bits per heavy atom. The fourth-order valence-corrected chi connectivity index (χ4v) is 6.51. The zero-order valence-corrected chi connectivity index (χ0v) is 26.3. The van der Waals surface area contributed by atoms with Crippen molar-refractivity contribution in [2.75, 3.05) is 0 Å². The summed E-state index contributed by atoms with van der Waals surface area (Å²) in [6, 6.07) is 7.60. The Hall–Kier alpha value is -6.08. The van der Waals surface area contributed by atoms with E-state index in [1.54, 1.807) is 18.2 Å². The molecule has 2 atom stereocenters. The topological polar surface area (TPSA) is 209 Å². The molecular weight excluding hydrogens is 640 g/mol. The largest absolute Gasteiger partial charge is 0.507 e. The summed E-state index contributed by atoms with van der Waals surface area (Å²) >= 11 is 0. The van der Waals surface area contributed by atoms with E-state index in [2.05, 4.69) is 0 Å². The third-order valence-corrected chi connectivity index (χ3v) is 8.87. The monoisotopic (exact) mass is 668 g/mol. The van der Waals surface area contributed by atoms with Gasteiger partial charge in [0.25, 0.3) is 0 Å². The van der Waals surface area contributed by atoms with Gasteiger partial charge in [-0.15, -0.1) is 0 Å². The summed E-state index contributed by atoms with van der Waals surface area (Å²) in [6.45, 7) is 6.55. The lowest BCUT2D eigenvalue weighted by molar-refractivity contribution is -0.0693. The van der Waals surface area contributed by atoms with Crippen molar-refractivity contribution < 1.29 is 53.7 Å². The Morgan fingerprint density at radius 1 is 0.755 bits per heavy atom.